The van der Waals surface area contributed by atoms with Crippen LogP contribution in [0.5, 0.6) is 23.0 Å². The van der Waals surface area contributed by atoms with Crippen LogP contribution in [0.1, 0.15) is 40.2 Å². The largest absolute Gasteiger partial charge is 0.507 e. The lowest BCUT2D eigenvalue weighted by Crippen LogP contribution is -2.53. The number of amides is 4. The van der Waals surface area contributed by atoms with Crippen LogP contribution in [0.15, 0.2) is 90.5 Å². The molecule has 8 rings (SSSR count). The quantitative estimate of drug-likeness (QED) is 0.125. The maximum Gasteiger partial charge on any atom is 0.339 e. The van der Waals surface area contributed by atoms with Crippen molar-refractivity contribution < 1.29 is 53.2 Å². The van der Waals surface area contributed by atoms with Crippen LogP contribution in [-0.2, 0) is 24.6 Å². The number of benzene rings is 4. The highest BCUT2D eigenvalue weighted by molar-refractivity contribution is 6.30. The maximum atomic E-state index is 15.4. The summed E-state index contributed by atoms with van der Waals surface area (Å²) in [5.41, 5.74) is 1.88. The number of aromatic carboxylic acids is 1. The predicted octanol–water partition coefficient (Wildman–Crippen LogP) is 5.80. The third-order valence-corrected chi connectivity index (χ3v) is 11.8. The number of hydrogen-bond acceptors (Lipinski definition) is 10. The number of methoxy groups -OCH3 is 2. The number of hydrazine groups is 1. The molecule has 4 aliphatic rings. The lowest BCUT2D eigenvalue weighted by molar-refractivity contribution is -0.138. The Morgan fingerprint density at radius 1 is 0.875 bits per heavy atom. The minimum Gasteiger partial charge on any atom is -0.507 e. The van der Waals surface area contributed by atoms with E-state index in [1.54, 1.807) is 30.3 Å². The molecule has 4 aromatic carbocycles. The van der Waals surface area contributed by atoms with Crippen LogP contribution < -0.4 is 19.8 Å². The fourth-order valence-electron chi connectivity index (χ4n) is 9.23. The lowest BCUT2D eigenvalue weighted by Gasteiger charge is -2.50. The first kappa shape index (κ1) is 36.6. The highest BCUT2D eigenvalue weighted by atomic mass is 35.5. The lowest BCUT2D eigenvalue weighted by atomic mass is 9.49. The van der Waals surface area contributed by atoms with Gasteiger partial charge in [0.25, 0.3) is 11.8 Å². The van der Waals surface area contributed by atoms with Crippen LogP contribution in [0, 0.1) is 29.5 Å². The summed E-state index contributed by atoms with van der Waals surface area (Å²) in [4.78, 5) is 71.4. The van der Waals surface area contributed by atoms with E-state index in [1.807, 2.05) is 0 Å². The summed E-state index contributed by atoms with van der Waals surface area (Å²) >= 11 is 6.35. The average molecular weight is 782 g/mol. The van der Waals surface area contributed by atoms with E-state index in [1.165, 1.54) is 56.7 Å². The monoisotopic (exact) mass is 781 g/mol. The summed E-state index contributed by atoms with van der Waals surface area (Å²) in [5, 5.41) is 33.0. The Bertz CT molecular complexity index is 2390. The number of phenols is 2. The highest BCUT2D eigenvalue weighted by Crippen LogP contribution is 2.66. The van der Waals surface area contributed by atoms with E-state index in [0.29, 0.717) is 16.2 Å². The normalized spacial score (nSPS) is 25.4. The van der Waals surface area contributed by atoms with Crippen molar-refractivity contribution in [2.75, 3.05) is 24.5 Å². The smallest absolute Gasteiger partial charge is 0.339 e. The molecule has 4 N–H and O–H groups in total. The Kier molecular flexibility index (Phi) is 8.75. The Hall–Kier alpha value is -6.41. The molecule has 0 aromatic heterocycles. The van der Waals surface area contributed by atoms with Crippen molar-refractivity contribution in [2.24, 2.45) is 23.7 Å². The van der Waals surface area contributed by atoms with Crippen LogP contribution in [-0.4, -0.2) is 64.1 Å². The zero-order valence-corrected chi connectivity index (χ0v) is 30.5. The number of phenolic OH excluding ortho intramolecular Hbond substituents is 1. The Morgan fingerprint density at radius 2 is 1.59 bits per heavy atom. The van der Waals surface area contributed by atoms with Gasteiger partial charge < -0.3 is 24.8 Å². The van der Waals surface area contributed by atoms with Crippen LogP contribution in [0.3, 0.4) is 0 Å². The Balaban J connectivity index is 1.34. The fraction of sp³-hybridized carbons (Fsp3) is 0.244. The molecule has 0 unspecified atom stereocenters. The second kappa shape index (κ2) is 13.4. The summed E-state index contributed by atoms with van der Waals surface area (Å²) in [6.07, 6.45) is 1.72. The zero-order chi connectivity index (χ0) is 39.8. The second-order valence-electron chi connectivity index (χ2n) is 14.2. The Labute approximate surface area is 323 Å². The van der Waals surface area contributed by atoms with Gasteiger partial charge in [0.05, 0.1) is 48.8 Å². The Morgan fingerprint density at radius 3 is 2.23 bits per heavy atom. The number of rotatable bonds is 8. The molecule has 0 bridgehead atoms. The van der Waals surface area contributed by atoms with Crippen molar-refractivity contribution in [1.29, 1.82) is 0 Å². The molecule has 13 nitrogen and oxygen atoms in total. The molecule has 0 spiro atoms. The number of halogens is 2. The number of anilines is 2. The van der Waals surface area contributed by atoms with Crippen molar-refractivity contribution in [3.8, 4) is 23.0 Å². The van der Waals surface area contributed by atoms with E-state index in [9.17, 15) is 38.9 Å². The molecule has 15 heteroatoms. The fourth-order valence-corrected chi connectivity index (χ4v) is 9.35. The molecule has 6 atom stereocenters. The molecule has 2 saturated heterocycles. The van der Waals surface area contributed by atoms with Crippen molar-refractivity contribution in [3.63, 3.8) is 0 Å². The van der Waals surface area contributed by atoms with Gasteiger partial charge in [0.1, 0.15) is 34.4 Å². The molecule has 4 aromatic rings. The van der Waals surface area contributed by atoms with Gasteiger partial charge >= 0.3 is 5.97 Å². The van der Waals surface area contributed by atoms with Gasteiger partial charge in [-0.15, -0.1) is 0 Å². The van der Waals surface area contributed by atoms with E-state index in [4.69, 9.17) is 21.1 Å². The van der Waals surface area contributed by atoms with Crippen LogP contribution >= 0.6 is 11.6 Å². The molecule has 4 amide bonds. The molecule has 2 heterocycles. The predicted molar refractivity (Wildman–Crippen MR) is 198 cm³/mol. The molecular weight excluding hydrogens is 749 g/mol. The van der Waals surface area contributed by atoms with E-state index in [0.717, 1.165) is 22.0 Å². The van der Waals surface area contributed by atoms with Gasteiger partial charge in [-0.1, -0.05) is 35.4 Å². The van der Waals surface area contributed by atoms with E-state index in [2.05, 4.69) is 5.43 Å². The first-order valence-electron chi connectivity index (χ1n) is 17.6. The number of carbonyl (C=O) groups excluding carboxylic acids is 4. The molecule has 0 radical (unpaired) electrons. The summed E-state index contributed by atoms with van der Waals surface area (Å²) in [5.74, 6) is -10.3. The number of fused-ring (bicyclic) bond motifs is 4. The van der Waals surface area contributed by atoms with Gasteiger partial charge in [-0.25, -0.2) is 14.1 Å². The van der Waals surface area contributed by atoms with Gasteiger partial charge in [-0.05, 0) is 72.9 Å². The first-order chi connectivity index (χ1) is 26.8. The van der Waals surface area contributed by atoms with Gasteiger partial charge in [-0.3, -0.25) is 24.6 Å². The van der Waals surface area contributed by atoms with Crippen molar-refractivity contribution >= 4 is 52.6 Å². The molecule has 286 valence electrons. The SMILES string of the molecule is COc1cc(O)c([C@H]2C3=CC[C@@H]4C(=O)N(c5ccc(C(=O)O)c(O)c5)C(=O)[C@@H]4[C@@H]3C[C@H]3C(=O)N(Nc4ccc(F)cc4)C(=O)[C@@]23c2ccc(Cl)cc2)c(OC)c1. The number of nitrogens with zero attached hydrogens (tertiary/aromatic N) is 2. The van der Waals surface area contributed by atoms with E-state index < -0.39 is 81.7 Å². The molecule has 3 fully saturated rings. The number of carbonyl (C=O) groups is 5. The molecule has 1 saturated carbocycles. The molecule has 2 aliphatic heterocycles. The number of imide groups is 2. The van der Waals surface area contributed by atoms with Crippen molar-refractivity contribution in [3.05, 3.63) is 118 Å². The third-order valence-electron chi connectivity index (χ3n) is 11.6. The van der Waals surface area contributed by atoms with Gasteiger partial charge in [0, 0.05) is 34.7 Å². The number of ether oxygens (including phenoxy) is 2. The number of hydrogen-bond donors (Lipinski definition) is 4. The summed E-state index contributed by atoms with van der Waals surface area (Å²) in [6.45, 7) is 0. The average Bonchev–Trinajstić information content (AvgIpc) is 3.56. The van der Waals surface area contributed by atoms with E-state index >= 15 is 4.79 Å². The molecule has 56 heavy (non-hydrogen) atoms. The molecular formula is C41H33ClFN3O10. The van der Waals surface area contributed by atoms with Crippen LogP contribution in [0.4, 0.5) is 15.8 Å². The number of carboxylic acid groups (broad SMARTS) is 1. The number of nitrogens with one attached hydrogen (secondary N) is 1. The summed E-state index contributed by atoms with van der Waals surface area (Å²) in [7, 11) is 2.78. The van der Waals surface area contributed by atoms with Gasteiger partial charge in [-0.2, -0.15) is 5.01 Å². The van der Waals surface area contributed by atoms with Crippen molar-refractivity contribution in [1.82, 2.24) is 5.01 Å². The van der Waals surface area contributed by atoms with Crippen molar-refractivity contribution in [2.45, 2.75) is 24.2 Å². The molecule has 2 aliphatic carbocycles. The minimum absolute atomic E-state index is 0.0300. The second-order valence-corrected chi connectivity index (χ2v) is 14.6. The zero-order valence-electron chi connectivity index (χ0n) is 29.7. The minimum atomic E-state index is -1.80. The third kappa shape index (κ3) is 5.30. The van der Waals surface area contributed by atoms with E-state index in [-0.39, 0.29) is 47.0 Å². The standard InChI is InChI=1S/C41H33ClFN3O10/c1-55-24-16-31(48)34(32(17-24)56-2)35-25-13-14-27-33(38(51)45(36(27)49)23-11-12-26(39(52)53)30(47)15-23)28(25)18-29-37(50)46(44-22-9-7-21(43)8-10-22)40(54)41(29,35)19-3-5-20(42)6-4-19/h3-13,15-17,27-29,33,35,44,47-48H,14,18H2,1-2H3,(H,52,53)/t27-,28+,29-,33-,35+,41+/m0/s1. The number of carboxylic acids is 1. The van der Waals surface area contributed by atoms with Gasteiger partial charge in [0.15, 0.2) is 0 Å². The van der Waals surface area contributed by atoms with Crippen LogP contribution in [0.25, 0.3) is 0 Å². The number of allylic oxidation sites excluding steroid dienone is 2. The van der Waals surface area contributed by atoms with Crippen LogP contribution in [0.2, 0.25) is 5.02 Å². The van der Waals surface area contributed by atoms with Gasteiger partial charge in [0.2, 0.25) is 11.8 Å². The first-order valence-corrected chi connectivity index (χ1v) is 17.9. The summed E-state index contributed by atoms with van der Waals surface area (Å²) in [6, 6.07) is 17.8. The number of aromatic hydroxyl groups is 2. The maximum absolute atomic E-state index is 15.4. The topological polar surface area (TPSA) is 183 Å². The highest BCUT2D eigenvalue weighted by Gasteiger charge is 2.71. The summed E-state index contributed by atoms with van der Waals surface area (Å²) < 4.78 is 25.2.